The molecule has 1 rings (SSSR count). The summed E-state index contributed by atoms with van der Waals surface area (Å²) in [5, 5.41) is 0. The summed E-state index contributed by atoms with van der Waals surface area (Å²) in [6.07, 6.45) is 8.47. The maximum Gasteiger partial charge on any atom is -0.0106 e. The highest BCUT2D eigenvalue weighted by molar-refractivity contribution is 5.30. The quantitative estimate of drug-likeness (QED) is 0.576. The fourth-order valence-corrected chi connectivity index (χ4v) is 1.98. The van der Waals surface area contributed by atoms with Gasteiger partial charge in [-0.05, 0) is 31.6 Å². The average Bonchev–Trinajstić information content (AvgIpc) is 2.03. The largest absolute Gasteiger partial charge is 0.0751 e. The van der Waals surface area contributed by atoms with E-state index >= 15 is 0 Å². The predicted molar refractivity (Wildman–Crippen MR) is 55.1 cm³/mol. The highest BCUT2D eigenvalue weighted by Gasteiger charge is 2.22. The van der Waals surface area contributed by atoms with Crippen molar-refractivity contribution in [3.05, 3.63) is 23.3 Å². The molecule has 0 N–H and O–H groups in total. The molecule has 0 aromatic rings. The van der Waals surface area contributed by atoms with Gasteiger partial charge in [0, 0.05) is 0 Å². The van der Waals surface area contributed by atoms with E-state index in [4.69, 9.17) is 0 Å². The Morgan fingerprint density at radius 2 is 2.08 bits per heavy atom. The highest BCUT2D eigenvalue weighted by atomic mass is 14.3. The molecule has 0 aromatic carbocycles. The van der Waals surface area contributed by atoms with Crippen LogP contribution in [0.2, 0.25) is 0 Å². The van der Waals surface area contributed by atoms with Crippen LogP contribution in [0.3, 0.4) is 0 Å². The van der Waals surface area contributed by atoms with Crippen LogP contribution in [0.4, 0.5) is 0 Å². The Labute approximate surface area is 76.4 Å². The topological polar surface area (TPSA) is 0 Å². The van der Waals surface area contributed by atoms with Gasteiger partial charge < -0.3 is 0 Å². The molecule has 0 aliphatic heterocycles. The minimum Gasteiger partial charge on any atom is -0.0751 e. The van der Waals surface area contributed by atoms with Crippen molar-refractivity contribution in [2.45, 2.75) is 47.0 Å². The van der Waals surface area contributed by atoms with Gasteiger partial charge in [0.2, 0.25) is 0 Å². The van der Waals surface area contributed by atoms with Crippen molar-refractivity contribution in [2.75, 3.05) is 0 Å². The van der Waals surface area contributed by atoms with Crippen LogP contribution in [0.5, 0.6) is 0 Å². The third-order valence-corrected chi connectivity index (χ3v) is 2.86. The summed E-state index contributed by atoms with van der Waals surface area (Å²) in [7, 11) is 0. The Kier molecular flexibility index (Phi) is 2.76. The molecule has 1 aliphatic carbocycles. The Morgan fingerprint density at radius 1 is 1.42 bits per heavy atom. The van der Waals surface area contributed by atoms with Gasteiger partial charge in [-0.2, -0.15) is 0 Å². The van der Waals surface area contributed by atoms with Crippen LogP contribution >= 0.6 is 0 Å². The number of hydrogen-bond donors (Lipinski definition) is 0. The molecule has 0 radical (unpaired) electrons. The molecule has 0 saturated heterocycles. The van der Waals surface area contributed by atoms with Crippen LogP contribution in [0.1, 0.15) is 47.0 Å². The van der Waals surface area contributed by atoms with Crippen LogP contribution in [0.25, 0.3) is 0 Å². The van der Waals surface area contributed by atoms with E-state index in [2.05, 4.69) is 39.8 Å². The average molecular weight is 164 g/mol. The Hall–Kier alpha value is -0.520. The summed E-state index contributed by atoms with van der Waals surface area (Å²) in [6, 6.07) is 0. The Bertz CT molecular complexity index is 220. The molecule has 0 bridgehead atoms. The van der Waals surface area contributed by atoms with E-state index in [0.29, 0.717) is 5.41 Å². The minimum absolute atomic E-state index is 0.435. The summed E-state index contributed by atoms with van der Waals surface area (Å²) >= 11 is 0. The molecule has 0 spiro atoms. The molecular formula is C12H20. The van der Waals surface area contributed by atoms with Crippen molar-refractivity contribution in [3.63, 3.8) is 0 Å². The second kappa shape index (κ2) is 3.47. The lowest BCUT2D eigenvalue weighted by molar-refractivity contribution is 0.399. The van der Waals surface area contributed by atoms with Gasteiger partial charge in [0.05, 0.1) is 0 Å². The maximum atomic E-state index is 2.46. The predicted octanol–water partition coefficient (Wildman–Crippen LogP) is 4.09. The van der Waals surface area contributed by atoms with Gasteiger partial charge in [-0.1, -0.05) is 44.1 Å². The van der Waals surface area contributed by atoms with Crippen molar-refractivity contribution in [1.82, 2.24) is 0 Å². The van der Waals surface area contributed by atoms with E-state index in [1.165, 1.54) is 24.8 Å². The van der Waals surface area contributed by atoms with Crippen molar-refractivity contribution in [2.24, 2.45) is 5.41 Å². The molecule has 0 heteroatoms. The third kappa shape index (κ3) is 2.00. The smallest absolute Gasteiger partial charge is 0.0106 e. The molecule has 1 aliphatic rings. The molecular weight excluding hydrogens is 144 g/mol. The lowest BCUT2D eigenvalue weighted by atomic mass is 9.76. The monoisotopic (exact) mass is 164 g/mol. The molecule has 0 aromatic heterocycles. The lowest BCUT2D eigenvalue weighted by Gasteiger charge is -2.29. The van der Waals surface area contributed by atoms with Crippen LogP contribution < -0.4 is 0 Å². The van der Waals surface area contributed by atoms with E-state index in [1.54, 1.807) is 5.57 Å². The lowest BCUT2D eigenvalue weighted by Crippen LogP contribution is -2.15. The maximum absolute atomic E-state index is 2.46. The van der Waals surface area contributed by atoms with Gasteiger partial charge in [0.15, 0.2) is 0 Å². The Balaban J connectivity index is 2.87. The van der Waals surface area contributed by atoms with Crippen LogP contribution in [-0.2, 0) is 0 Å². The zero-order valence-electron chi connectivity index (χ0n) is 8.78. The fourth-order valence-electron chi connectivity index (χ4n) is 1.98. The van der Waals surface area contributed by atoms with Gasteiger partial charge in [-0.25, -0.2) is 0 Å². The highest BCUT2D eigenvalue weighted by Crippen LogP contribution is 2.36. The minimum atomic E-state index is 0.435. The molecule has 12 heavy (non-hydrogen) atoms. The van der Waals surface area contributed by atoms with Gasteiger partial charge in [-0.3, -0.25) is 0 Å². The van der Waals surface area contributed by atoms with Gasteiger partial charge in [0.25, 0.3) is 0 Å². The summed E-state index contributed by atoms with van der Waals surface area (Å²) < 4.78 is 0. The summed E-state index contributed by atoms with van der Waals surface area (Å²) in [5.41, 5.74) is 3.49. The molecule has 0 nitrogen and oxygen atoms in total. The van der Waals surface area contributed by atoms with Crippen LogP contribution in [-0.4, -0.2) is 0 Å². The molecule has 68 valence electrons. The zero-order chi connectivity index (χ0) is 9.19. The third-order valence-electron chi connectivity index (χ3n) is 2.86. The molecule has 0 heterocycles. The first-order valence-electron chi connectivity index (χ1n) is 4.98. The second-order valence-electron chi connectivity index (χ2n) is 4.25. The number of hydrogen-bond acceptors (Lipinski definition) is 0. The van der Waals surface area contributed by atoms with Crippen molar-refractivity contribution < 1.29 is 0 Å². The molecule has 0 amide bonds. The summed E-state index contributed by atoms with van der Waals surface area (Å²) in [6.45, 7) is 9.12. The van der Waals surface area contributed by atoms with Crippen LogP contribution in [0.15, 0.2) is 23.3 Å². The molecule has 1 unspecified atom stereocenters. The van der Waals surface area contributed by atoms with Crippen molar-refractivity contribution in [3.8, 4) is 0 Å². The summed E-state index contributed by atoms with van der Waals surface area (Å²) in [4.78, 5) is 0. The zero-order valence-corrected chi connectivity index (χ0v) is 8.78. The Morgan fingerprint density at radius 3 is 2.58 bits per heavy atom. The van der Waals surface area contributed by atoms with E-state index in [9.17, 15) is 0 Å². The first-order valence-corrected chi connectivity index (χ1v) is 4.98. The van der Waals surface area contributed by atoms with E-state index in [-0.39, 0.29) is 0 Å². The van der Waals surface area contributed by atoms with Crippen LogP contribution in [0, 0.1) is 5.41 Å². The molecule has 0 saturated carbocycles. The SMILES string of the molecule is CCC1=CC(C)(CC)CC(C)=C1. The number of allylic oxidation sites excluding steroid dienone is 4. The van der Waals surface area contributed by atoms with E-state index < -0.39 is 0 Å². The summed E-state index contributed by atoms with van der Waals surface area (Å²) in [5.74, 6) is 0. The van der Waals surface area contributed by atoms with Crippen molar-refractivity contribution in [1.29, 1.82) is 0 Å². The van der Waals surface area contributed by atoms with E-state index in [0.717, 1.165) is 0 Å². The molecule has 1 atom stereocenters. The number of rotatable bonds is 2. The first-order chi connectivity index (χ1) is 5.59. The van der Waals surface area contributed by atoms with E-state index in [1.807, 2.05) is 0 Å². The normalized spacial score (nSPS) is 29.7. The standard InChI is InChI=1S/C12H20/c1-5-11-7-10(3)8-12(4,6-2)9-11/h7,9H,5-6,8H2,1-4H3. The molecule has 0 fully saturated rings. The first kappa shape index (κ1) is 9.57. The van der Waals surface area contributed by atoms with Gasteiger partial charge >= 0.3 is 0 Å². The van der Waals surface area contributed by atoms with Gasteiger partial charge in [-0.15, -0.1) is 0 Å². The second-order valence-corrected chi connectivity index (χ2v) is 4.25. The van der Waals surface area contributed by atoms with Crippen molar-refractivity contribution >= 4 is 0 Å². The van der Waals surface area contributed by atoms with Gasteiger partial charge in [0.1, 0.15) is 0 Å². The fraction of sp³-hybridized carbons (Fsp3) is 0.667.